The Balaban J connectivity index is 2.19. The molecule has 2 heterocycles. The molecule has 17 heavy (non-hydrogen) atoms. The number of hydrogen-bond donors (Lipinski definition) is 1. The molecule has 0 saturated carbocycles. The number of hydrogen-bond acceptors (Lipinski definition) is 2. The number of aromatic nitrogens is 3. The Hall–Kier alpha value is -1.94. The topological polar surface area (TPSA) is 41.6 Å². The summed E-state index contributed by atoms with van der Waals surface area (Å²) in [4.78, 5) is 11.6. The van der Waals surface area contributed by atoms with Crippen LogP contribution in [-0.2, 0) is 0 Å². The fourth-order valence-corrected chi connectivity index (χ4v) is 1.92. The lowest BCUT2D eigenvalue weighted by Crippen LogP contribution is -1.88. The predicted molar refractivity (Wildman–Crippen MR) is 64.3 cm³/mol. The molecule has 0 radical (unpaired) electrons. The van der Waals surface area contributed by atoms with Gasteiger partial charge >= 0.3 is 0 Å². The molecule has 3 rings (SSSR count). The highest BCUT2D eigenvalue weighted by molar-refractivity contribution is 6.33. The molecule has 0 unspecified atom stereocenters. The zero-order valence-corrected chi connectivity index (χ0v) is 9.37. The first-order valence-electron chi connectivity index (χ1n) is 4.99. The summed E-state index contributed by atoms with van der Waals surface area (Å²) >= 11 is 5.97. The van der Waals surface area contributed by atoms with E-state index in [1.807, 2.05) is 6.07 Å². The lowest BCUT2D eigenvalue weighted by atomic mass is 10.1. The molecule has 0 saturated heterocycles. The number of fused-ring (bicyclic) bond motifs is 1. The molecule has 5 heteroatoms. The van der Waals surface area contributed by atoms with Crippen LogP contribution >= 0.6 is 11.6 Å². The number of aromatic amines is 1. The molecule has 0 atom stereocenters. The zero-order valence-electron chi connectivity index (χ0n) is 8.61. The molecule has 0 amide bonds. The standard InChI is InChI=1S/C12H7ClFN3/c13-9-5-7(14)1-2-8(9)11-6-16-12-10(17-11)3-4-15-12/h1-6H,(H,15,16). The van der Waals surface area contributed by atoms with Crippen LogP contribution in [0.1, 0.15) is 0 Å². The lowest BCUT2D eigenvalue weighted by molar-refractivity contribution is 0.628. The summed E-state index contributed by atoms with van der Waals surface area (Å²) in [5, 5.41) is 0.328. The number of H-pyrrole nitrogens is 1. The van der Waals surface area contributed by atoms with Crippen LogP contribution in [0, 0.1) is 5.82 Å². The van der Waals surface area contributed by atoms with Gasteiger partial charge < -0.3 is 4.98 Å². The summed E-state index contributed by atoms with van der Waals surface area (Å²) in [6.07, 6.45) is 3.37. The lowest BCUT2D eigenvalue weighted by Gasteiger charge is -2.03. The van der Waals surface area contributed by atoms with Crippen molar-refractivity contribution in [2.75, 3.05) is 0 Å². The van der Waals surface area contributed by atoms with Crippen LogP contribution in [0.15, 0.2) is 36.7 Å². The van der Waals surface area contributed by atoms with Gasteiger partial charge in [0.2, 0.25) is 0 Å². The van der Waals surface area contributed by atoms with Gasteiger partial charge in [-0.25, -0.2) is 14.4 Å². The van der Waals surface area contributed by atoms with Crippen molar-refractivity contribution in [2.24, 2.45) is 0 Å². The molecule has 0 fully saturated rings. The molecule has 84 valence electrons. The molecule has 2 aromatic heterocycles. The number of benzene rings is 1. The van der Waals surface area contributed by atoms with Gasteiger partial charge in [0.05, 0.1) is 16.9 Å². The molecule has 1 N–H and O–H groups in total. The Morgan fingerprint density at radius 3 is 2.94 bits per heavy atom. The van der Waals surface area contributed by atoms with Crippen molar-refractivity contribution < 1.29 is 4.39 Å². The van der Waals surface area contributed by atoms with Crippen molar-refractivity contribution >= 4 is 22.8 Å². The van der Waals surface area contributed by atoms with Gasteiger partial charge in [-0.1, -0.05) is 11.6 Å². The van der Waals surface area contributed by atoms with Crippen molar-refractivity contribution in [1.82, 2.24) is 15.0 Å². The minimum atomic E-state index is -0.366. The van der Waals surface area contributed by atoms with E-state index in [1.54, 1.807) is 18.5 Å². The van der Waals surface area contributed by atoms with E-state index in [-0.39, 0.29) is 5.82 Å². The van der Waals surface area contributed by atoms with Gasteiger partial charge in [0.15, 0.2) is 5.65 Å². The fraction of sp³-hybridized carbons (Fsp3) is 0. The number of nitrogens with zero attached hydrogens (tertiary/aromatic N) is 2. The summed E-state index contributed by atoms with van der Waals surface area (Å²) in [6, 6.07) is 6.04. The third kappa shape index (κ3) is 1.76. The van der Waals surface area contributed by atoms with Crippen LogP contribution in [0.25, 0.3) is 22.4 Å². The molecule has 0 aliphatic rings. The summed E-state index contributed by atoms with van der Waals surface area (Å²) < 4.78 is 12.9. The van der Waals surface area contributed by atoms with Gasteiger partial charge in [0, 0.05) is 11.8 Å². The van der Waals surface area contributed by atoms with E-state index in [2.05, 4.69) is 15.0 Å². The molecule has 1 aromatic carbocycles. The smallest absolute Gasteiger partial charge is 0.156 e. The maximum absolute atomic E-state index is 12.9. The average molecular weight is 248 g/mol. The van der Waals surface area contributed by atoms with Gasteiger partial charge in [0.1, 0.15) is 11.3 Å². The normalized spacial score (nSPS) is 10.9. The van der Waals surface area contributed by atoms with Crippen LogP contribution in [0.2, 0.25) is 5.02 Å². The van der Waals surface area contributed by atoms with Crippen molar-refractivity contribution in [3.63, 3.8) is 0 Å². The van der Waals surface area contributed by atoms with Crippen LogP contribution < -0.4 is 0 Å². The third-order valence-electron chi connectivity index (χ3n) is 2.47. The first-order valence-corrected chi connectivity index (χ1v) is 5.37. The molecular weight excluding hydrogens is 241 g/mol. The summed E-state index contributed by atoms with van der Waals surface area (Å²) in [6.45, 7) is 0. The first kappa shape index (κ1) is 10.2. The van der Waals surface area contributed by atoms with Gasteiger partial charge in [0.25, 0.3) is 0 Å². The van der Waals surface area contributed by atoms with E-state index in [1.165, 1.54) is 12.1 Å². The Bertz CT molecular complexity index is 693. The van der Waals surface area contributed by atoms with Crippen LogP contribution in [0.5, 0.6) is 0 Å². The summed E-state index contributed by atoms with van der Waals surface area (Å²) in [7, 11) is 0. The first-order chi connectivity index (χ1) is 8.24. The second-order valence-electron chi connectivity index (χ2n) is 3.59. The molecule has 3 aromatic rings. The zero-order chi connectivity index (χ0) is 11.8. The number of halogens is 2. The summed E-state index contributed by atoms with van der Waals surface area (Å²) in [5.41, 5.74) is 2.76. The van der Waals surface area contributed by atoms with Crippen LogP contribution in [0.4, 0.5) is 4.39 Å². The Kier molecular flexibility index (Phi) is 2.30. The molecule has 3 nitrogen and oxygen atoms in total. The Morgan fingerprint density at radius 1 is 1.24 bits per heavy atom. The van der Waals surface area contributed by atoms with Crippen LogP contribution in [-0.4, -0.2) is 15.0 Å². The summed E-state index contributed by atoms with van der Waals surface area (Å²) in [5.74, 6) is -0.366. The Labute approximate surface area is 101 Å². The second-order valence-corrected chi connectivity index (χ2v) is 4.00. The molecule has 0 spiro atoms. The quantitative estimate of drug-likeness (QED) is 0.716. The highest BCUT2D eigenvalue weighted by Gasteiger charge is 2.08. The maximum atomic E-state index is 12.9. The number of rotatable bonds is 1. The maximum Gasteiger partial charge on any atom is 0.156 e. The third-order valence-corrected chi connectivity index (χ3v) is 2.78. The molecule has 0 aliphatic carbocycles. The van der Waals surface area contributed by atoms with Gasteiger partial charge in [-0.05, 0) is 24.3 Å². The highest BCUT2D eigenvalue weighted by atomic mass is 35.5. The van der Waals surface area contributed by atoms with Crippen molar-refractivity contribution in [3.8, 4) is 11.3 Å². The van der Waals surface area contributed by atoms with E-state index in [0.717, 1.165) is 5.52 Å². The second kappa shape index (κ2) is 3.82. The highest BCUT2D eigenvalue weighted by Crippen LogP contribution is 2.27. The van der Waals surface area contributed by atoms with E-state index in [0.29, 0.717) is 21.9 Å². The number of nitrogens with one attached hydrogen (secondary N) is 1. The van der Waals surface area contributed by atoms with E-state index in [4.69, 9.17) is 11.6 Å². The largest absolute Gasteiger partial charge is 0.345 e. The SMILES string of the molecule is Fc1ccc(-c2cnc3[nH]ccc3n2)c(Cl)c1. The fourth-order valence-electron chi connectivity index (χ4n) is 1.66. The van der Waals surface area contributed by atoms with E-state index < -0.39 is 0 Å². The monoisotopic (exact) mass is 247 g/mol. The Morgan fingerprint density at radius 2 is 2.12 bits per heavy atom. The van der Waals surface area contributed by atoms with Gasteiger partial charge in [-0.15, -0.1) is 0 Å². The molecule has 0 aliphatic heterocycles. The average Bonchev–Trinajstić information content (AvgIpc) is 2.75. The van der Waals surface area contributed by atoms with Crippen molar-refractivity contribution in [2.45, 2.75) is 0 Å². The van der Waals surface area contributed by atoms with E-state index >= 15 is 0 Å². The van der Waals surface area contributed by atoms with Crippen molar-refractivity contribution in [1.29, 1.82) is 0 Å². The predicted octanol–water partition coefficient (Wildman–Crippen LogP) is 3.42. The van der Waals surface area contributed by atoms with E-state index in [9.17, 15) is 4.39 Å². The molecule has 0 bridgehead atoms. The minimum Gasteiger partial charge on any atom is -0.345 e. The van der Waals surface area contributed by atoms with Gasteiger partial charge in [-0.2, -0.15) is 0 Å². The van der Waals surface area contributed by atoms with Crippen LogP contribution in [0.3, 0.4) is 0 Å². The minimum absolute atomic E-state index is 0.328. The van der Waals surface area contributed by atoms with Crippen molar-refractivity contribution in [3.05, 3.63) is 47.5 Å². The van der Waals surface area contributed by atoms with Gasteiger partial charge in [-0.3, -0.25) is 0 Å². The molecular formula is C12H7ClFN3.